The zero-order chi connectivity index (χ0) is 14.1. The summed E-state index contributed by atoms with van der Waals surface area (Å²) in [5.74, 6) is 0.796. The molecular weight excluding hydrogens is 272 g/mol. The van der Waals surface area contributed by atoms with Gasteiger partial charge in [-0.25, -0.2) is 9.67 Å². The molecule has 4 nitrogen and oxygen atoms in total. The summed E-state index contributed by atoms with van der Waals surface area (Å²) in [5, 5.41) is 6.16. The SMILES string of the molecule is Cc1nn(-c2nc3ccccc3cc2CCN)cc1Cl. The van der Waals surface area contributed by atoms with Crippen LogP contribution < -0.4 is 5.73 Å². The number of hydrogen-bond donors (Lipinski definition) is 1. The second kappa shape index (κ2) is 5.23. The van der Waals surface area contributed by atoms with E-state index in [1.54, 1.807) is 10.9 Å². The van der Waals surface area contributed by atoms with Crippen LogP contribution in [0.3, 0.4) is 0 Å². The fourth-order valence-electron chi connectivity index (χ4n) is 2.23. The van der Waals surface area contributed by atoms with Crippen LogP contribution in [0.2, 0.25) is 5.02 Å². The number of halogens is 1. The molecule has 0 fully saturated rings. The molecular formula is C15H15ClN4. The van der Waals surface area contributed by atoms with E-state index < -0.39 is 0 Å². The van der Waals surface area contributed by atoms with Gasteiger partial charge in [0.15, 0.2) is 5.82 Å². The largest absolute Gasteiger partial charge is 0.330 e. The van der Waals surface area contributed by atoms with Crippen molar-refractivity contribution in [1.82, 2.24) is 14.8 Å². The van der Waals surface area contributed by atoms with Gasteiger partial charge in [-0.3, -0.25) is 0 Å². The Morgan fingerprint density at radius 1 is 1.30 bits per heavy atom. The summed E-state index contributed by atoms with van der Waals surface area (Å²) >= 11 is 6.09. The van der Waals surface area contributed by atoms with E-state index in [9.17, 15) is 0 Å². The van der Waals surface area contributed by atoms with Gasteiger partial charge in [0, 0.05) is 5.39 Å². The molecule has 0 spiro atoms. The van der Waals surface area contributed by atoms with Crippen LogP contribution in [-0.2, 0) is 6.42 Å². The Balaban J connectivity index is 2.23. The van der Waals surface area contributed by atoms with E-state index in [2.05, 4.69) is 11.2 Å². The second-order valence-electron chi connectivity index (χ2n) is 4.71. The molecule has 2 aromatic heterocycles. The number of para-hydroxylation sites is 1. The molecule has 20 heavy (non-hydrogen) atoms. The van der Waals surface area contributed by atoms with Crippen LogP contribution in [0.5, 0.6) is 0 Å². The normalized spacial score (nSPS) is 11.2. The van der Waals surface area contributed by atoms with E-state index in [0.29, 0.717) is 11.6 Å². The Kier molecular flexibility index (Phi) is 3.42. The van der Waals surface area contributed by atoms with Gasteiger partial charge in [0.2, 0.25) is 0 Å². The van der Waals surface area contributed by atoms with Crippen molar-refractivity contribution in [2.24, 2.45) is 5.73 Å². The van der Waals surface area contributed by atoms with Crippen molar-refractivity contribution >= 4 is 22.5 Å². The van der Waals surface area contributed by atoms with Gasteiger partial charge in [0.25, 0.3) is 0 Å². The Labute approximate surface area is 122 Å². The Hall–Kier alpha value is -1.91. The average molecular weight is 287 g/mol. The minimum atomic E-state index is 0.570. The summed E-state index contributed by atoms with van der Waals surface area (Å²) < 4.78 is 1.73. The zero-order valence-electron chi connectivity index (χ0n) is 11.2. The molecule has 0 saturated heterocycles. The highest BCUT2D eigenvalue weighted by atomic mass is 35.5. The number of aryl methyl sites for hydroxylation is 1. The molecule has 0 aliphatic heterocycles. The average Bonchev–Trinajstić information content (AvgIpc) is 2.78. The summed E-state index contributed by atoms with van der Waals surface area (Å²) in [6.07, 6.45) is 2.54. The number of rotatable bonds is 3. The number of pyridine rings is 1. The summed E-state index contributed by atoms with van der Waals surface area (Å²) in [6.45, 7) is 2.45. The molecule has 2 N–H and O–H groups in total. The maximum Gasteiger partial charge on any atom is 0.157 e. The van der Waals surface area contributed by atoms with Gasteiger partial charge in [0.1, 0.15) is 0 Å². The van der Waals surface area contributed by atoms with Gasteiger partial charge in [0.05, 0.1) is 22.4 Å². The van der Waals surface area contributed by atoms with Crippen LogP contribution in [0.1, 0.15) is 11.3 Å². The zero-order valence-corrected chi connectivity index (χ0v) is 11.9. The van der Waals surface area contributed by atoms with Crippen molar-refractivity contribution in [2.45, 2.75) is 13.3 Å². The molecule has 3 aromatic rings. The third-order valence-corrected chi connectivity index (χ3v) is 3.62. The minimum Gasteiger partial charge on any atom is -0.330 e. The molecule has 5 heteroatoms. The number of aromatic nitrogens is 3. The van der Waals surface area contributed by atoms with Crippen LogP contribution in [0.4, 0.5) is 0 Å². The van der Waals surface area contributed by atoms with E-state index in [0.717, 1.165) is 34.4 Å². The Bertz CT molecular complexity index is 744. The fourth-order valence-corrected chi connectivity index (χ4v) is 2.37. The highest BCUT2D eigenvalue weighted by molar-refractivity contribution is 6.31. The number of benzene rings is 1. The van der Waals surface area contributed by atoms with Crippen LogP contribution in [0.15, 0.2) is 36.5 Å². The topological polar surface area (TPSA) is 56.7 Å². The number of hydrogen-bond acceptors (Lipinski definition) is 3. The van der Waals surface area contributed by atoms with Gasteiger partial charge in [-0.1, -0.05) is 29.8 Å². The molecule has 0 bridgehead atoms. The van der Waals surface area contributed by atoms with Crippen molar-refractivity contribution in [3.8, 4) is 5.82 Å². The van der Waals surface area contributed by atoms with Crippen molar-refractivity contribution in [1.29, 1.82) is 0 Å². The van der Waals surface area contributed by atoms with E-state index in [4.69, 9.17) is 22.3 Å². The number of nitrogens with zero attached hydrogens (tertiary/aromatic N) is 3. The standard InChI is InChI=1S/C15H15ClN4/c1-10-13(16)9-20(19-10)15-12(6-7-17)8-11-4-2-3-5-14(11)18-15/h2-5,8-9H,6-7,17H2,1H3. The molecule has 0 amide bonds. The maximum absolute atomic E-state index is 6.09. The van der Waals surface area contributed by atoms with Gasteiger partial charge in [-0.05, 0) is 37.6 Å². The highest BCUT2D eigenvalue weighted by Crippen LogP contribution is 2.22. The first-order valence-corrected chi connectivity index (χ1v) is 6.87. The quantitative estimate of drug-likeness (QED) is 0.805. The molecule has 0 saturated carbocycles. The number of nitrogens with two attached hydrogens (primary N) is 1. The molecule has 0 aliphatic rings. The molecule has 1 aromatic carbocycles. The van der Waals surface area contributed by atoms with E-state index >= 15 is 0 Å². The number of fused-ring (bicyclic) bond motifs is 1. The Morgan fingerprint density at radius 3 is 2.80 bits per heavy atom. The van der Waals surface area contributed by atoms with Gasteiger partial charge in [-0.15, -0.1) is 0 Å². The van der Waals surface area contributed by atoms with Gasteiger partial charge < -0.3 is 5.73 Å². The van der Waals surface area contributed by atoms with Crippen molar-refractivity contribution < 1.29 is 0 Å². The first-order chi connectivity index (χ1) is 9.69. The molecule has 0 unspecified atom stereocenters. The molecule has 0 radical (unpaired) electrons. The smallest absolute Gasteiger partial charge is 0.157 e. The molecule has 2 heterocycles. The lowest BCUT2D eigenvalue weighted by atomic mass is 10.1. The van der Waals surface area contributed by atoms with Crippen LogP contribution >= 0.6 is 11.6 Å². The van der Waals surface area contributed by atoms with Crippen molar-refractivity contribution in [2.75, 3.05) is 6.54 Å². The first kappa shape index (κ1) is 13.1. The predicted molar refractivity (Wildman–Crippen MR) is 81.4 cm³/mol. The molecule has 0 atom stereocenters. The van der Waals surface area contributed by atoms with E-state index in [1.807, 2.05) is 31.2 Å². The van der Waals surface area contributed by atoms with Crippen LogP contribution in [0, 0.1) is 6.92 Å². The summed E-state index contributed by atoms with van der Waals surface area (Å²) in [6, 6.07) is 10.1. The third kappa shape index (κ3) is 2.28. The third-order valence-electron chi connectivity index (χ3n) is 3.25. The van der Waals surface area contributed by atoms with Crippen LogP contribution in [-0.4, -0.2) is 21.3 Å². The first-order valence-electron chi connectivity index (χ1n) is 6.50. The lowest BCUT2D eigenvalue weighted by molar-refractivity contribution is 0.813. The van der Waals surface area contributed by atoms with Crippen molar-refractivity contribution in [3.05, 3.63) is 52.8 Å². The van der Waals surface area contributed by atoms with Gasteiger partial charge in [-0.2, -0.15) is 5.10 Å². The summed E-state index contributed by atoms with van der Waals surface area (Å²) in [7, 11) is 0. The molecule has 102 valence electrons. The summed E-state index contributed by atoms with van der Waals surface area (Å²) in [5.41, 5.74) is 8.51. The fraction of sp³-hybridized carbons (Fsp3) is 0.200. The lowest BCUT2D eigenvalue weighted by Crippen LogP contribution is -2.09. The Morgan fingerprint density at radius 2 is 2.10 bits per heavy atom. The lowest BCUT2D eigenvalue weighted by Gasteiger charge is -2.09. The molecule has 3 rings (SSSR count). The van der Waals surface area contributed by atoms with Crippen LogP contribution in [0.25, 0.3) is 16.7 Å². The van der Waals surface area contributed by atoms with Gasteiger partial charge >= 0.3 is 0 Å². The monoisotopic (exact) mass is 286 g/mol. The summed E-state index contributed by atoms with van der Waals surface area (Å²) in [4.78, 5) is 4.70. The van der Waals surface area contributed by atoms with E-state index in [-0.39, 0.29) is 0 Å². The van der Waals surface area contributed by atoms with Crippen molar-refractivity contribution in [3.63, 3.8) is 0 Å². The predicted octanol–water partition coefficient (Wildman–Crippen LogP) is 2.88. The highest BCUT2D eigenvalue weighted by Gasteiger charge is 2.11. The molecule has 0 aliphatic carbocycles. The second-order valence-corrected chi connectivity index (χ2v) is 5.12. The van der Waals surface area contributed by atoms with E-state index in [1.165, 1.54) is 0 Å². The minimum absolute atomic E-state index is 0.570. The maximum atomic E-state index is 6.09.